The average Bonchev–Trinajstić information content (AvgIpc) is 2.68. The monoisotopic (exact) mass is 404 g/mol. The fraction of sp³-hybridized carbons (Fsp3) is 0.273. The second-order valence-electron chi connectivity index (χ2n) is 6.16. The molecule has 0 aromatic heterocycles. The molecule has 0 aliphatic carbocycles. The molecule has 0 atom stereocenters. The lowest BCUT2D eigenvalue weighted by atomic mass is 10.1. The summed E-state index contributed by atoms with van der Waals surface area (Å²) in [4.78, 5) is 23.9. The molecule has 0 spiro atoms. The van der Waals surface area contributed by atoms with Gasteiger partial charge in [-0.3, -0.25) is 0 Å². The molecule has 0 bridgehead atoms. The van der Waals surface area contributed by atoms with Gasteiger partial charge in [0.05, 0.1) is 10.6 Å². The number of esters is 2. The number of hydrogen-bond acceptors (Lipinski definition) is 4. The Morgan fingerprint density at radius 1 is 1.00 bits per heavy atom. The number of halogens is 2. The minimum Gasteiger partial charge on any atom is -0.423 e. The molecule has 0 unspecified atom stereocenters. The van der Waals surface area contributed by atoms with Gasteiger partial charge in [0.1, 0.15) is 17.3 Å². The first kappa shape index (κ1) is 21.6. The van der Waals surface area contributed by atoms with Gasteiger partial charge in [0.25, 0.3) is 0 Å². The highest BCUT2D eigenvalue weighted by molar-refractivity contribution is 6.30. The number of rotatable bonds is 9. The first-order valence-electron chi connectivity index (χ1n) is 9.15. The summed E-state index contributed by atoms with van der Waals surface area (Å²) in [6.07, 6.45) is 8.61. The number of carbonyl (C=O) groups excluding carboxylic acids is 2. The number of carbonyl (C=O) groups is 2. The Morgan fingerprint density at radius 2 is 1.71 bits per heavy atom. The Hall–Kier alpha value is -2.66. The Kier molecular flexibility index (Phi) is 8.69. The van der Waals surface area contributed by atoms with Crippen molar-refractivity contribution in [2.24, 2.45) is 0 Å². The minimum atomic E-state index is -0.673. The van der Waals surface area contributed by atoms with Gasteiger partial charge >= 0.3 is 11.9 Å². The molecule has 0 radical (unpaired) electrons. The fourth-order valence-electron chi connectivity index (χ4n) is 2.38. The second-order valence-corrected chi connectivity index (χ2v) is 6.57. The van der Waals surface area contributed by atoms with Crippen LogP contribution in [0.3, 0.4) is 0 Å². The molecule has 0 N–H and O–H groups in total. The summed E-state index contributed by atoms with van der Waals surface area (Å²) in [6.45, 7) is 2.15. The Labute approximate surface area is 168 Å². The van der Waals surface area contributed by atoms with Gasteiger partial charge in [-0.05, 0) is 49.2 Å². The number of ether oxygens (including phenoxy) is 2. The zero-order valence-electron chi connectivity index (χ0n) is 15.6. The zero-order chi connectivity index (χ0) is 20.4. The summed E-state index contributed by atoms with van der Waals surface area (Å²) in [5.74, 6) is -1.44. The van der Waals surface area contributed by atoms with Gasteiger partial charge in [-0.2, -0.15) is 0 Å². The van der Waals surface area contributed by atoms with Gasteiger partial charge in [0.2, 0.25) is 0 Å². The van der Waals surface area contributed by atoms with E-state index in [1.165, 1.54) is 55.3 Å². The lowest BCUT2D eigenvalue weighted by Crippen LogP contribution is -2.09. The molecule has 0 aliphatic rings. The molecule has 6 heteroatoms. The van der Waals surface area contributed by atoms with Crippen LogP contribution in [0.2, 0.25) is 5.02 Å². The van der Waals surface area contributed by atoms with E-state index in [-0.39, 0.29) is 16.3 Å². The van der Waals surface area contributed by atoms with E-state index in [4.69, 9.17) is 21.1 Å². The SMILES string of the molecule is CCCCCC/C=C/C(=O)Oc1ccc(C(=O)Oc2ccc(Cl)c(F)c2)cc1. The van der Waals surface area contributed by atoms with Crippen LogP contribution in [-0.2, 0) is 4.79 Å². The van der Waals surface area contributed by atoms with Crippen molar-refractivity contribution in [2.45, 2.75) is 39.0 Å². The summed E-state index contributed by atoms with van der Waals surface area (Å²) >= 11 is 5.59. The highest BCUT2D eigenvalue weighted by atomic mass is 35.5. The third-order valence-corrected chi connectivity index (χ3v) is 4.19. The summed E-state index contributed by atoms with van der Waals surface area (Å²) in [5.41, 5.74) is 0.238. The Balaban J connectivity index is 1.84. The van der Waals surface area contributed by atoms with Gasteiger partial charge < -0.3 is 9.47 Å². The van der Waals surface area contributed by atoms with E-state index < -0.39 is 17.8 Å². The first-order valence-corrected chi connectivity index (χ1v) is 9.53. The predicted molar refractivity (Wildman–Crippen MR) is 106 cm³/mol. The zero-order valence-corrected chi connectivity index (χ0v) is 16.4. The van der Waals surface area contributed by atoms with Gasteiger partial charge in [0, 0.05) is 12.1 Å². The average molecular weight is 405 g/mol. The summed E-state index contributed by atoms with van der Waals surface area (Å²) < 4.78 is 23.7. The maximum Gasteiger partial charge on any atom is 0.343 e. The lowest BCUT2D eigenvalue weighted by molar-refractivity contribution is -0.129. The largest absolute Gasteiger partial charge is 0.423 e. The van der Waals surface area contributed by atoms with Crippen LogP contribution in [0.4, 0.5) is 4.39 Å². The van der Waals surface area contributed by atoms with E-state index in [0.29, 0.717) is 5.75 Å². The van der Waals surface area contributed by atoms with Crippen LogP contribution < -0.4 is 9.47 Å². The van der Waals surface area contributed by atoms with E-state index in [1.54, 1.807) is 6.08 Å². The van der Waals surface area contributed by atoms with Gasteiger partial charge in [-0.1, -0.05) is 43.9 Å². The van der Waals surface area contributed by atoms with Crippen LogP contribution in [0, 0.1) is 5.82 Å². The molecular weight excluding hydrogens is 383 g/mol. The van der Waals surface area contributed by atoms with Crippen molar-refractivity contribution in [1.82, 2.24) is 0 Å². The normalized spacial score (nSPS) is 10.8. The van der Waals surface area contributed by atoms with Crippen LogP contribution in [0.15, 0.2) is 54.6 Å². The molecule has 0 aliphatic heterocycles. The van der Waals surface area contributed by atoms with Crippen molar-refractivity contribution < 1.29 is 23.5 Å². The second kappa shape index (κ2) is 11.2. The first-order chi connectivity index (χ1) is 13.5. The number of allylic oxidation sites excluding steroid dienone is 1. The topological polar surface area (TPSA) is 52.6 Å². The highest BCUT2D eigenvalue weighted by Crippen LogP contribution is 2.21. The van der Waals surface area contributed by atoms with Crippen molar-refractivity contribution in [2.75, 3.05) is 0 Å². The van der Waals surface area contributed by atoms with Crippen molar-refractivity contribution >= 4 is 23.5 Å². The van der Waals surface area contributed by atoms with E-state index in [0.717, 1.165) is 25.3 Å². The summed E-state index contributed by atoms with van der Waals surface area (Å²) in [7, 11) is 0. The van der Waals surface area contributed by atoms with E-state index in [9.17, 15) is 14.0 Å². The van der Waals surface area contributed by atoms with E-state index >= 15 is 0 Å². The molecule has 0 amide bonds. The summed E-state index contributed by atoms with van der Waals surface area (Å²) in [6, 6.07) is 9.65. The smallest absolute Gasteiger partial charge is 0.343 e. The number of benzene rings is 2. The predicted octanol–water partition coefficient (Wildman–Crippen LogP) is 6.13. The number of unbranched alkanes of at least 4 members (excludes halogenated alkanes) is 4. The van der Waals surface area contributed by atoms with Crippen molar-refractivity contribution in [3.63, 3.8) is 0 Å². The maximum atomic E-state index is 13.4. The third kappa shape index (κ3) is 7.16. The molecule has 0 fully saturated rings. The molecular formula is C22H22ClFO4. The van der Waals surface area contributed by atoms with Crippen LogP contribution in [0.25, 0.3) is 0 Å². The van der Waals surface area contributed by atoms with E-state index in [2.05, 4.69) is 6.92 Å². The van der Waals surface area contributed by atoms with Crippen molar-refractivity contribution in [1.29, 1.82) is 0 Å². The molecule has 2 aromatic carbocycles. The standard InChI is InChI=1S/C22H22ClFO4/c1-2-3-4-5-6-7-8-21(25)27-17-11-9-16(10-12-17)22(26)28-18-13-14-19(23)20(24)15-18/h7-15H,2-6H2,1H3/b8-7+. The summed E-state index contributed by atoms with van der Waals surface area (Å²) in [5, 5.41) is -0.0547. The van der Waals surface area contributed by atoms with Crippen LogP contribution in [0.1, 0.15) is 49.4 Å². The molecule has 148 valence electrons. The van der Waals surface area contributed by atoms with Gasteiger partial charge in [-0.25, -0.2) is 14.0 Å². The van der Waals surface area contributed by atoms with Crippen LogP contribution >= 0.6 is 11.6 Å². The molecule has 2 aromatic rings. The fourth-order valence-corrected chi connectivity index (χ4v) is 2.50. The highest BCUT2D eigenvalue weighted by Gasteiger charge is 2.11. The maximum absolute atomic E-state index is 13.4. The quantitative estimate of drug-likeness (QED) is 0.218. The van der Waals surface area contributed by atoms with Crippen molar-refractivity contribution in [3.05, 3.63) is 71.0 Å². The van der Waals surface area contributed by atoms with Crippen LogP contribution in [-0.4, -0.2) is 11.9 Å². The molecule has 0 heterocycles. The third-order valence-electron chi connectivity index (χ3n) is 3.89. The van der Waals surface area contributed by atoms with Crippen molar-refractivity contribution in [3.8, 4) is 11.5 Å². The van der Waals surface area contributed by atoms with Gasteiger partial charge in [0.15, 0.2) is 0 Å². The van der Waals surface area contributed by atoms with Crippen LogP contribution in [0.5, 0.6) is 11.5 Å². The number of hydrogen-bond donors (Lipinski definition) is 0. The Bertz CT molecular complexity index is 831. The Morgan fingerprint density at radius 3 is 2.39 bits per heavy atom. The lowest BCUT2D eigenvalue weighted by Gasteiger charge is -2.06. The molecule has 28 heavy (non-hydrogen) atoms. The van der Waals surface area contributed by atoms with E-state index in [1.807, 2.05) is 0 Å². The molecule has 0 saturated carbocycles. The van der Waals surface area contributed by atoms with Gasteiger partial charge in [-0.15, -0.1) is 0 Å². The molecule has 2 rings (SSSR count). The minimum absolute atomic E-state index is 0.0477. The molecule has 0 saturated heterocycles. The molecule has 4 nitrogen and oxygen atoms in total.